The lowest BCUT2D eigenvalue weighted by molar-refractivity contribution is -0.138. The molecule has 0 saturated heterocycles. The summed E-state index contributed by atoms with van der Waals surface area (Å²) in [7, 11) is -3.74. The van der Waals surface area contributed by atoms with Crippen molar-refractivity contribution in [3.8, 4) is 0 Å². The Hall–Kier alpha value is -1.39. The molecule has 9 heteroatoms. The van der Waals surface area contributed by atoms with Gasteiger partial charge < -0.3 is 9.29 Å². The summed E-state index contributed by atoms with van der Waals surface area (Å²) in [4.78, 5) is 12.6. The topological polar surface area (TPSA) is 96.0 Å². The van der Waals surface area contributed by atoms with Crippen molar-refractivity contribution in [2.75, 3.05) is 19.8 Å². The molecule has 0 amide bonds. The predicted molar refractivity (Wildman–Crippen MR) is 131 cm³/mol. The van der Waals surface area contributed by atoms with Gasteiger partial charge in [0.1, 0.15) is 4.75 Å². The Balaban J connectivity index is 1.81. The molecule has 0 radical (unpaired) electrons. The fourth-order valence-electron chi connectivity index (χ4n) is 3.61. The number of rotatable bonds is 12. The number of benzene rings is 1. The summed E-state index contributed by atoms with van der Waals surface area (Å²) >= 11 is -1.24. The lowest BCUT2D eigenvalue weighted by Gasteiger charge is -2.34. The molecule has 2 rings (SSSR count). The number of carbonyl (C=O) groups excluding carboxylic acids is 1. The molecule has 1 aromatic carbocycles. The Bertz CT molecular complexity index is 906. The quantitative estimate of drug-likeness (QED) is 0.183. The van der Waals surface area contributed by atoms with Gasteiger partial charge >= 0.3 is 5.97 Å². The van der Waals surface area contributed by atoms with E-state index < -0.39 is 26.2 Å². The lowest BCUT2D eigenvalue weighted by Crippen LogP contribution is -2.47. The Kier molecular flexibility index (Phi) is 10.4. The number of hydrogen-bond donors (Lipinski definition) is 0. The number of hydrogen-bond acceptors (Lipinski definition) is 7. The zero-order valence-electron chi connectivity index (χ0n) is 20.3. The Labute approximate surface area is 202 Å². The van der Waals surface area contributed by atoms with Crippen LogP contribution in [0.25, 0.3) is 0 Å². The first-order chi connectivity index (χ1) is 15.5. The maximum atomic E-state index is 13.0. The molecule has 0 aliphatic carbocycles. The summed E-state index contributed by atoms with van der Waals surface area (Å²) in [5, 5.41) is 0. The van der Waals surface area contributed by atoms with E-state index in [0.29, 0.717) is 31.6 Å². The smallest absolute Gasteiger partial charge is 0.335 e. The number of ether oxygens (including phenoxy) is 1. The molecule has 0 aromatic heterocycles. The Morgan fingerprint density at radius 1 is 1.15 bits per heavy atom. The summed E-state index contributed by atoms with van der Waals surface area (Å²) < 4.78 is 49.3. The van der Waals surface area contributed by atoms with Crippen LogP contribution in [-0.2, 0) is 35.2 Å². The third kappa shape index (κ3) is 8.10. The zero-order chi connectivity index (χ0) is 24.6. The van der Waals surface area contributed by atoms with E-state index in [9.17, 15) is 17.8 Å². The van der Waals surface area contributed by atoms with Crippen molar-refractivity contribution in [2.24, 2.45) is 0 Å². The van der Waals surface area contributed by atoms with Gasteiger partial charge in [-0.05, 0) is 59.6 Å². The van der Waals surface area contributed by atoms with Crippen LogP contribution < -0.4 is 0 Å². The summed E-state index contributed by atoms with van der Waals surface area (Å²) in [6.45, 7) is 10.3. The highest BCUT2D eigenvalue weighted by molar-refractivity contribution is 7.90. The molecule has 0 bridgehead atoms. The van der Waals surface area contributed by atoms with Gasteiger partial charge in [0.15, 0.2) is 0 Å². The molecule has 1 aromatic rings. The molecule has 0 N–H and O–H groups in total. The third-order valence-electron chi connectivity index (χ3n) is 5.37. The summed E-state index contributed by atoms with van der Waals surface area (Å²) in [5.41, 5.74) is 1.57. The minimum atomic E-state index is -3.74. The minimum Gasteiger partial charge on any atom is -0.597 e. The highest BCUT2D eigenvalue weighted by Crippen LogP contribution is 2.32. The number of aryl methyl sites for hydroxylation is 1. The van der Waals surface area contributed by atoms with Crippen LogP contribution in [0.1, 0.15) is 65.4 Å². The van der Waals surface area contributed by atoms with Crippen molar-refractivity contribution in [1.82, 2.24) is 4.31 Å². The molecular formula is C24H37NO6S2. The molecule has 1 aliphatic rings. The third-order valence-corrected chi connectivity index (χ3v) is 8.57. The van der Waals surface area contributed by atoms with E-state index in [1.165, 1.54) is 0 Å². The molecule has 0 saturated carbocycles. The zero-order valence-corrected chi connectivity index (χ0v) is 22.0. The van der Waals surface area contributed by atoms with E-state index in [1.54, 1.807) is 31.2 Å². The maximum Gasteiger partial charge on any atom is 0.335 e. The summed E-state index contributed by atoms with van der Waals surface area (Å²) in [6.07, 6.45) is 5.62. The van der Waals surface area contributed by atoms with Gasteiger partial charge in [-0.2, -0.15) is 8.42 Å². The van der Waals surface area contributed by atoms with Crippen LogP contribution in [0, 0.1) is 6.92 Å². The molecule has 2 atom stereocenters. The van der Waals surface area contributed by atoms with Gasteiger partial charge in [-0.3, -0.25) is 4.18 Å². The summed E-state index contributed by atoms with van der Waals surface area (Å²) in [6, 6.07) is 6.35. The molecule has 7 nitrogen and oxygen atoms in total. The second-order valence-corrected chi connectivity index (χ2v) is 13.0. The molecule has 1 heterocycles. The predicted octanol–water partition coefficient (Wildman–Crippen LogP) is 4.29. The highest BCUT2D eigenvalue weighted by Gasteiger charge is 2.43. The molecule has 33 heavy (non-hydrogen) atoms. The molecule has 0 fully saturated rings. The summed E-state index contributed by atoms with van der Waals surface area (Å²) in [5.74, 6) is -0.342. The van der Waals surface area contributed by atoms with Gasteiger partial charge in [-0.15, -0.1) is 4.31 Å². The van der Waals surface area contributed by atoms with E-state index in [4.69, 9.17) is 8.92 Å². The minimum absolute atomic E-state index is 0.133. The largest absolute Gasteiger partial charge is 0.597 e. The molecular weight excluding hydrogens is 462 g/mol. The van der Waals surface area contributed by atoms with Crippen molar-refractivity contribution >= 4 is 27.4 Å². The van der Waals surface area contributed by atoms with Crippen molar-refractivity contribution in [1.29, 1.82) is 0 Å². The standard InChI is InChI=1S/C24H37NO6S2/c1-6-30-23(26)21-16-17-25(32(27)24(3,4)5)22(21)11-9-7-8-10-18-31-33(28,29)20-14-12-19(2)13-15-20/h12-16,22H,6-11,17-18H2,1-5H3/t22-,32?/m0/s1. The average molecular weight is 500 g/mol. The van der Waals surface area contributed by atoms with Crippen LogP contribution in [0.2, 0.25) is 0 Å². The van der Waals surface area contributed by atoms with Crippen LogP contribution in [0.5, 0.6) is 0 Å². The van der Waals surface area contributed by atoms with E-state index in [0.717, 1.165) is 24.8 Å². The van der Waals surface area contributed by atoms with Gasteiger partial charge in [0, 0.05) is 11.4 Å². The Morgan fingerprint density at radius 3 is 2.39 bits per heavy atom. The first-order valence-corrected chi connectivity index (χ1v) is 14.0. The Morgan fingerprint density at radius 2 is 1.79 bits per heavy atom. The normalized spacial score (nSPS) is 18.2. The highest BCUT2D eigenvalue weighted by atomic mass is 32.2. The van der Waals surface area contributed by atoms with Crippen LogP contribution >= 0.6 is 0 Å². The van der Waals surface area contributed by atoms with Gasteiger partial charge in [0.2, 0.25) is 0 Å². The van der Waals surface area contributed by atoms with Gasteiger partial charge in [0.25, 0.3) is 10.1 Å². The van der Waals surface area contributed by atoms with Gasteiger partial charge in [-0.25, -0.2) is 4.79 Å². The van der Waals surface area contributed by atoms with E-state index in [-0.39, 0.29) is 23.5 Å². The molecule has 1 aliphatic heterocycles. The molecule has 1 unspecified atom stereocenters. The molecule has 186 valence electrons. The number of esters is 1. The van der Waals surface area contributed by atoms with Crippen molar-refractivity contribution in [2.45, 2.75) is 82.4 Å². The fourth-order valence-corrected chi connectivity index (χ4v) is 5.92. The van der Waals surface area contributed by atoms with Gasteiger partial charge in [0.05, 0.1) is 36.3 Å². The van der Waals surface area contributed by atoms with Gasteiger partial charge in [-0.1, -0.05) is 43.0 Å². The first-order valence-electron chi connectivity index (χ1n) is 11.5. The van der Waals surface area contributed by atoms with Crippen LogP contribution in [-0.4, -0.2) is 53.8 Å². The lowest BCUT2D eigenvalue weighted by atomic mass is 10.0. The average Bonchev–Trinajstić information content (AvgIpc) is 3.16. The maximum absolute atomic E-state index is 13.0. The van der Waals surface area contributed by atoms with E-state index in [2.05, 4.69) is 0 Å². The number of nitrogens with zero attached hydrogens (tertiary/aromatic N) is 1. The number of carbonyl (C=O) groups is 1. The second kappa shape index (κ2) is 12.4. The SMILES string of the molecule is CCOC(=O)C1=CCN([S+]([O-])C(C)(C)C)[C@H]1CCCCCCOS(=O)(=O)c1ccc(C)cc1. The van der Waals surface area contributed by atoms with Crippen LogP contribution in [0.3, 0.4) is 0 Å². The monoisotopic (exact) mass is 499 g/mol. The molecule has 0 spiro atoms. The van der Waals surface area contributed by atoms with Crippen molar-refractivity contribution in [3.63, 3.8) is 0 Å². The first kappa shape index (κ1) is 27.9. The fraction of sp³-hybridized carbons (Fsp3) is 0.625. The van der Waals surface area contributed by atoms with Crippen molar-refractivity contribution in [3.05, 3.63) is 41.5 Å². The second-order valence-electron chi connectivity index (χ2n) is 9.15. The van der Waals surface area contributed by atoms with E-state index in [1.807, 2.05) is 38.1 Å². The van der Waals surface area contributed by atoms with Crippen molar-refractivity contribution < 1.29 is 26.7 Å². The van der Waals surface area contributed by atoms with Crippen LogP contribution in [0.15, 0.2) is 40.8 Å². The van der Waals surface area contributed by atoms with Crippen LogP contribution in [0.4, 0.5) is 0 Å². The van der Waals surface area contributed by atoms with E-state index >= 15 is 0 Å². The number of unbranched alkanes of at least 4 members (excludes halogenated alkanes) is 3.